The van der Waals surface area contributed by atoms with Gasteiger partial charge >= 0.3 is 0 Å². The van der Waals surface area contributed by atoms with Crippen LogP contribution >= 0.6 is 12.4 Å². The Morgan fingerprint density at radius 3 is 2.05 bits per heavy atom. The average molecular weight is 288 g/mol. The molecule has 1 nitrogen and oxygen atoms in total. The summed E-state index contributed by atoms with van der Waals surface area (Å²) in [6, 6.07) is 19.9. The van der Waals surface area contributed by atoms with Crippen molar-refractivity contribution in [2.24, 2.45) is 0 Å². The predicted octanol–water partition coefficient (Wildman–Crippen LogP) is 4.17. The molecule has 1 saturated heterocycles. The Hall–Kier alpha value is -1.31. The highest BCUT2D eigenvalue weighted by Crippen LogP contribution is 2.25. The predicted molar refractivity (Wildman–Crippen MR) is 87.8 cm³/mol. The Kier molecular flexibility index (Phi) is 5.63. The second-order valence-corrected chi connectivity index (χ2v) is 5.43. The number of benzene rings is 2. The molecule has 1 heterocycles. The minimum atomic E-state index is 0. The van der Waals surface area contributed by atoms with Gasteiger partial charge in [0, 0.05) is 0 Å². The lowest BCUT2D eigenvalue weighted by Crippen LogP contribution is -2.26. The summed E-state index contributed by atoms with van der Waals surface area (Å²) in [5.74, 6) is 0.757. The molecule has 0 saturated carbocycles. The van der Waals surface area contributed by atoms with Gasteiger partial charge in [-0.05, 0) is 55.0 Å². The standard InChI is InChI=1S/C18H21N.ClH/c1-2-4-15(5-3-1)14-16-6-8-17(9-7-16)18-10-12-19-13-11-18;/h1-9,18-19H,10-14H2;1H. The molecule has 0 spiro atoms. The van der Waals surface area contributed by atoms with Crippen LogP contribution in [0.25, 0.3) is 0 Å². The van der Waals surface area contributed by atoms with Crippen molar-refractivity contribution in [2.75, 3.05) is 13.1 Å². The van der Waals surface area contributed by atoms with E-state index in [9.17, 15) is 0 Å². The van der Waals surface area contributed by atoms with Gasteiger partial charge in [-0.2, -0.15) is 0 Å². The molecule has 0 aliphatic carbocycles. The number of halogens is 1. The van der Waals surface area contributed by atoms with Crippen LogP contribution in [0.4, 0.5) is 0 Å². The molecule has 20 heavy (non-hydrogen) atoms. The van der Waals surface area contributed by atoms with E-state index >= 15 is 0 Å². The first-order chi connectivity index (χ1) is 9.42. The van der Waals surface area contributed by atoms with Gasteiger partial charge in [0.05, 0.1) is 0 Å². The summed E-state index contributed by atoms with van der Waals surface area (Å²) < 4.78 is 0. The molecule has 0 amide bonds. The Bertz CT molecular complexity index is 501. The van der Waals surface area contributed by atoms with Crippen molar-refractivity contribution in [3.63, 3.8) is 0 Å². The van der Waals surface area contributed by atoms with E-state index in [1.165, 1.54) is 29.5 Å². The molecule has 3 rings (SSSR count). The van der Waals surface area contributed by atoms with Crippen LogP contribution in [0.5, 0.6) is 0 Å². The van der Waals surface area contributed by atoms with Crippen molar-refractivity contribution in [3.05, 3.63) is 71.3 Å². The minimum absolute atomic E-state index is 0. The lowest BCUT2D eigenvalue weighted by Gasteiger charge is -2.23. The summed E-state index contributed by atoms with van der Waals surface area (Å²) in [5.41, 5.74) is 4.30. The fourth-order valence-electron chi connectivity index (χ4n) is 2.89. The van der Waals surface area contributed by atoms with Crippen molar-refractivity contribution >= 4 is 12.4 Å². The third-order valence-corrected chi connectivity index (χ3v) is 4.04. The minimum Gasteiger partial charge on any atom is -0.317 e. The van der Waals surface area contributed by atoms with E-state index < -0.39 is 0 Å². The molecule has 1 fully saturated rings. The highest BCUT2D eigenvalue weighted by atomic mass is 35.5. The Balaban J connectivity index is 0.00000147. The summed E-state index contributed by atoms with van der Waals surface area (Å²) >= 11 is 0. The number of hydrogen-bond acceptors (Lipinski definition) is 1. The lowest BCUT2D eigenvalue weighted by atomic mass is 9.89. The van der Waals surface area contributed by atoms with E-state index in [0.29, 0.717) is 0 Å². The van der Waals surface area contributed by atoms with Gasteiger partial charge in [0.1, 0.15) is 0 Å². The molecule has 0 aromatic heterocycles. The van der Waals surface area contributed by atoms with Gasteiger partial charge in [0.2, 0.25) is 0 Å². The molecule has 1 aliphatic heterocycles. The SMILES string of the molecule is Cl.c1ccc(Cc2ccc(C3CCNCC3)cc2)cc1. The Morgan fingerprint density at radius 2 is 1.40 bits per heavy atom. The summed E-state index contributed by atoms with van der Waals surface area (Å²) in [4.78, 5) is 0. The summed E-state index contributed by atoms with van der Waals surface area (Å²) in [6.07, 6.45) is 3.59. The molecule has 0 atom stereocenters. The quantitative estimate of drug-likeness (QED) is 0.893. The molecule has 0 bridgehead atoms. The van der Waals surface area contributed by atoms with Crippen LogP contribution in [0.2, 0.25) is 0 Å². The van der Waals surface area contributed by atoms with E-state index in [4.69, 9.17) is 0 Å². The third kappa shape index (κ3) is 3.84. The molecule has 0 unspecified atom stereocenters. The van der Waals surface area contributed by atoms with Crippen LogP contribution in [0.1, 0.15) is 35.4 Å². The highest BCUT2D eigenvalue weighted by Gasteiger charge is 2.14. The first-order valence-corrected chi connectivity index (χ1v) is 7.25. The van der Waals surface area contributed by atoms with Gasteiger partial charge in [0.15, 0.2) is 0 Å². The van der Waals surface area contributed by atoms with Crippen molar-refractivity contribution in [1.29, 1.82) is 0 Å². The van der Waals surface area contributed by atoms with Crippen LogP contribution in [0.15, 0.2) is 54.6 Å². The van der Waals surface area contributed by atoms with Crippen molar-refractivity contribution in [3.8, 4) is 0 Å². The second kappa shape index (κ2) is 7.47. The van der Waals surface area contributed by atoms with Crippen LogP contribution in [-0.4, -0.2) is 13.1 Å². The Morgan fingerprint density at radius 1 is 0.800 bits per heavy atom. The maximum Gasteiger partial charge on any atom is -0.00258 e. The molecule has 2 aromatic carbocycles. The van der Waals surface area contributed by atoms with E-state index in [0.717, 1.165) is 25.4 Å². The summed E-state index contributed by atoms with van der Waals surface area (Å²) in [7, 11) is 0. The van der Waals surface area contributed by atoms with E-state index in [1.807, 2.05) is 0 Å². The van der Waals surface area contributed by atoms with E-state index in [1.54, 1.807) is 0 Å². The van der Waals surface area contributed by atoms with Gasteiger partial charge in [-0.3, -0.25) is 0 Å². The summed E-state index contributed by atoms with van der Waals surface area (Å²) in [6.45, 7) is 2.33. The van der Waals surface area contributed by atoms with Crippen LogP contribution < -0.4 is 5.32 Å². The van der Waals surface area contributed by atoms with Gasteiger partial charge < -0.3 is 5.32 Å². The van der Waals surface area contributed by atoms with Gasteiger partial charge in [-0.25, -0.2) is 0 Å². The zero-order chi connectivity index (χ0) is 12.9. The van der Waals surface area contributed by atoms with E-state index in [2.05, 4.69) is 59.9 Å². The van der Waals surface area contributed by atoms with Gasteiger partial charge in [-0.1, -0.05) is 54.6 Å². The van der Waals surface area contributed by atoms with Gasteiger partial charge in [0.25, 0.3) is 0 Å². The summed E-state index contributed by atoms with van der Waals surface area (Å²) in [5, 5.41) is 3.43. The third-order valence-electron chi connectivity index (χ3n) is 4.04. The molecule has 1 N–H and O–H groups in total. The van der Waals surface area contributed by atoms with Gasteiger partial charge in [-0.15, -0.1) is 12.4 Å². The monoisotopic (exact) mass is 287 g/mol. The maximum absolute atomic E-state index is 3.43. The number of hydrogen-bond donors (Lipinski definition) is 1. The topological polar surface area (TPSA) is 12.0 Å². The van der Waals surface area contributed by atoms with Crippen LogP contribution in [0, 0.1) is 0 Å². The normalized spacial score (nSPS) is 15.6. The Labute approximate surface area is 127 Å². The fourth-order valence-corrected chi connectivity index (χ4v) is 2.89. The maximum atomic E-state index is 3.43. The molecular weight excluding hydrogens is 266 g/mol. The zero-order valence-electron chi connectivity index (χ0n) is 11.7. The number of piperidine rings is 1. The van der Waals surface area contributed by atoms with Crippen LogP contribution in [0.3, 0.4) is 0 Å². The first kappa shape index (κ1) is 15.1. The molecule has 106 valence electrons. The van der Waals surface area contributed by atoms with Crippen molar-refractivity contribution in [2.45, 2.75) is 25.2 Å². The van der Waals surface area contributed by atoms with Crippen molar-refractivity contribution < 1.29 is 0 Å². The average Bonchev–Trinajstić information content (AvgIpc) is 2.50. The smallest absolute Gasteiger partial charge is 0.00258 e. The molecule has 2 heteroatoms. The number of nitrogens with one attached hydrogen (secondary N) is 1. The first-order valence-electron chi connectivity index (χ1n) is 7.25. The largest absolute Gasteiger partial charge is 0.317 e. The molecule has 0 radical (unpaired) electrons. The molecular formula is C18H22ClN. The fraction of sp³-hybridized carbons (Fsp3) is 0.333. The highest BCUT2D eigenvalue weighted by molar-refractivity contribution is 5.85. The van der Waals surface area contributed by atoms with Crippen molar-refractivity contribution in [1.82, 2.24) is 5.32 Å². The molecule has 2 aromatic rings. The lowest BCUT2D eigenvalue weighted by molar-refractivity contribution is 0.460. The van der Waals surface area contributed by atoms with E-state index in [-0.39, 0.29) is 12.4 Å². The zero-order valence-corrected chi connectivity index (χ0v) is 12.5. The second-order valence-electron chi connectivity index (χ2n) is 5.43. The number of rotatable bonds is 3. The van der Waals surface area contributed by atoms with Crippen LogP contribution in [-0.2, 0) is 6.42 Å². The molecule has 1 aliphatic rings.